The van der Waals surface area contributed by atoms with Crippen molar-refractivity contribution in [3.63, 3.8) is 0 Å². The van der Waals surface area contributed by atoms with Gasteiger partial charge in [-0.1, -0.05) is 0 Å². The van der Waals surface area contributed by atoms with Gasteiger partial charge in [-0.15, -0.1) is 0 Å². The lowest BCUT2D eigenvalue weighted by Crippen LogP contribution is -2.35. The minimum absolute atomic E-state index is 0.00473. The van der Waals surface area contributed by atoms with Crippen molar-refractivity contribution >= 4 is 28.7 Å². The fourth-order valence-corrected chi connectivity index (χ4v) is 4.22. The number of carbonyl (C=O) groups is 1. The minimum atomic E-state index is -0.461. The molecule has 7 N–H and O–H groups in total. The minimum Gasteiger partial charge on any atom is -0.489 e. The molecule has 248 valence electrons. The van der Waals surface area contributed by atoms with Gasteiger partial charge in [-0.25, -0.2) is 0 Å². The number of rotatable bonds is 21. The van der Waals surface area contributed by atoms with E-state index < -0.39 is 4.92 Å². The van der Waals surface area contributed by atoms with Crippen LogP contribution >= 0.6 is 0 Å². The first-order valence-electron chi connectivity index (χ1n) is 15.4. The van der Waals surface area contributed by atoms with Crippen LogP contribution in [0.25, 0.3) is 0 Å². The first-order chi connectivity index (χ1) is 22.4. The Bertz CT molecular complexity index is 1370. The highest BCUT2D eigenvalue weighted by molar-refractivity contribution is 5.95. The second kappa shape index (κ2) is 19.6. The molecule has 0 aliphatic rings. The lowest BCUT2D eigenvalue weighted by molar-refractivity contribution is -0.384. The van der Waals surface area contributed by atoms with Gasteiger partial charge in [-0.2, -0.15) is 10.2 Å². The number of anilines is 1. The molecule has 0 bridgehead atoms. The fourth-order valence-electron chi connectivity index (χ4n) is 4.22. The number of hydrogen-bond acceptors (Lipinski definition) is 12. The topological polar surface area (TPSA) is 206 Å². The van der Waals surface area contributed by atoms with E-state index in [-0.39, 0.29) is 11.6 Å². The summed E-state index contributed by atoms with van der Waals surface area (Å²) in [5.74, 6) is 0.953. The van der Waals surface area contributed by atoms with E-state index in [0.717, 1.165) is 5.69 Å². The molecule has 3 rings (SSSR count). The Labute approximate surface area is 269 Å². The Kier molecular flexibility index (Phi) is 15.2. The first-order valence-corrected chi connectivity index (χ1v) is 15.4. The normalized spacial score (nSPS) is 11.0. The van der Waals surface area contributed by atoms with Crippen molar-refractivity contribution in [1.82, 2.24) is 5.32 Å². The quantitative estimate of drug-likeness (QED) is 0.0559. The highest BCUT2D eigenvalue weighted by Crippen LogP contribution is 2.39. The molecule has 0 unspecified atom stereocenters. The van der Waals surface area contributed by atoms with Crippen LogP contribution in [0.15, 0.2) is 70.9 Å². The molecule has 46 heavy (non-hydrogen) atoms. The summed E-state index contributed by atoms with van der Waals surface area (Å²) in [4.78, 5) is 25.8. The van der Waals surface area contributed by atoms with Crippen molar-refractivity contribution in [2.75, 3.05) is 64.0 Å². The number of likely N-dealkylation sites (N-methyl/N-ethyl adjacent to an activating group) is 1. The third-order valence-corrected chi connectivity index (χ3v) is 6.70. The van der Waals surface area contributed by atoms with Crippen molar-refractivity contribution < 1.29 is 23.9 Å². The van der Waals surface area contributed by atoms with Gasteiger partial charge in [0.1, 0.15) is 0 Å². The maximum atomic E-state index is 13.3. The lowest BCUT2D eigenvalue weighted by Gasteiger charge is -2.23. The average molecular weight is 637 g/mol. The summed E-state index contributed by atoms with van der Waals surface area (Å²) >= 11 is 0. The fraction of sp³-hybridized carbons (Fsp3) is 0.406. The highest BCUT2D eigenvalue weighted by atomic mass is 16.6. The molecule has 0 heterocycles. The second-order valence-corrected chi connectivity index (χ2v) is 10.1. The van der Waals surface area contributed by atoms with Gasteiger partial charge in [0.15, 0.2) is 11.5 Å². The van der Waals surface area contributed by atoms with Gasteiger partial charge in [0.2, 0.25) is 5.75 Å². The van der Waals surface area contributed by atoms with Gasteiger partial charge in [-0.3, -0.25) is 14.9 Å². The SMILES string of the molecule is CCN(CCNC(=O)c1cc(OCCCN)c(OCCCN)c(OCCCN)c1)c1ccc(N=Nc2ccc([N+](=O)[O-])cc2)cc1. The summed E-state index contributed by atoms with van der Waals surface area (Å²) in [5.41, 5.74) is 19.4. The number of nitro groups is 1. The summed E-state index contributed by atoms with van der Waals surface area (Å²) in [6, 6.07) is 16.7. The van der Waals surface area contributed by atoms with Crippen molar-refractivity contribution in [3.05, 3.63) is 76.3 Å². The van der Waals surface area contributed by atoms with E-state index in [4.69, 9.17) is 31.4 Å². The summed E-state index contributed by atoms with van der Waals surface area (Å²) in [7, 11) is 0. The summed E-state index contributed by atoms with van der Waals surface area (Å²) < 4.78 is 17.9. The number of nitrogens with one attached hydrogen (secondary N) is 1. The molecule has 3 aromatic rings. The summed E-state index contributed by atoms with van der Waals surface area (Å²) in [5, 5.41) is 22.2. The molecule has 3 aromatic carbocycles. The molecular formula is C32H44N8O6. The largest absolute Gasteiger partial charge is 0.489 e. The van der Waals surface area contributed by atoms with Gasteiger partial charge in [-0.05, 0) is 94.4 Å². The molecule has 0 saturated heterocycles. The number of non-ortho nitro benzene ring substituents is 1. The second-order valence-electron chi connectivity index (χ2n) is 10.1. The molecule has 0 radical (unpaired) electrons. The molecule has 1 amide bonds. The molecule has 0 aromatic heterocycles. The molecular weight excluding hydrogens is 592 g/mol. The molecule has 0 aliphatic carbocycles. The van der Waals surface area contributed by atoms with E-state index in [1.54, 1.807) is 24.3 Å². The van der Waals surface area contributed by atoms with Crippen LogP contribution in [-0.4, -0.2) is 69.9 Å². The Morgan fingerprint density at radius 3 is 1.80 bits per heavy atom. The number of ether oxygens (including phenoxy) is 3. The number of nitrogens with two attached hydrogens (primary N) is 3. The van der Waals surface area contributed by atoms with Gasteiger partial charge in [0, 0.05) is 43.0 Å². The van der Waals surface area contributed by atoms with E-state index in [1.165, 1.54) is 12.1 Å². The Morgan fingerprint density at radius 2 is 1.33 bits per heavy atom. The van der Waals surface area contributed by atoms with Crippen molar-refractivity contribution in [3.8, 4) is 17.2 Å². The summed E-state index contributed by atoms with van der Waals surface area (Å²) in [6.45, 7) is 6.19. The third-order valence-electron chi connectivity index (χ3n) is 6.70. The van der Waals surface area contributed by atoms with Crippen LogP contribution in [0.3, 0.4) is 0 Å². The predicted molar refractivity (Wildman–Crippen MR) is 178 cm³/mol. The Morgan fingerprint density at radius 1 is 0.826 bits per heavy atom. The highest BCUT2D eigenvalue weighted by Gasteiger charge is 2.19. The van der Waals surface area contributed by atoms with Crippen LogP contribution in [0, 0.1) is 10.1 Å². The number of nitrogens with zero attached hydrogens (tertiary/aromatic N) is 4. The van der Waals surface area contributed by atoms with E-state index >= 15 is 0 Å². The maximum Gasteiger partial charge on any atom is 0.269 e. The van der Waals surface area contributed by atoms with Gasteiger partial charge in [0.05, 0.1) is 36.1 Å². The van der Waals surface area contributed by atoms with Gasteiger partial charge < -0.3 is 41.6 Å². The van der Waals surface area contributed by atoms with E-state index in [0.29, 0.717) is 113 Å². The van der Waals surface area contributed by atoms with E-state index in [1.807, 2.05) is 31.2 Å². The number of hydrogen-bond donors (Lipinski definition) is 4. The lowest BCUT2D eigenvalue weighted by atomic mass is 10.1. The standard InChI is InChI=1S/C32H44N8O6/c1-2-39(27-10-6-25(7-11-27)37-38-26-8-12-28(13-9-26)40(42)43)18-17-36-32(41)24-22-29(44-19-3-14-33)31(46-21-5-16-35)30(23-24)45-20-4-15-34/h6-13,22-23H,2-5,14-21,33-35H2,1H3,(H,36,41). The van der Waals surface area contributed by atoms with Crippen LogP contribution in [0.5, 0.6) is 17.2 Å². The smallest absolute Gasteiger partial charge is 0.269 e. The Balaban J connectivity index is 1.66. The Hall–Kier alpha value is -4.79. The maximum absolute atomic E-state index is 13.3. The van der Waals surface area contributed by atoms with E-state index in [9.17, 15) is 14.9 Å². The monoisotopic (exact) mass is 636 g/mol. The van der Waals surface area contributed by atoms with Crippen LogP contribution < -0.4 is 41.6 Å². The zero-order chi connectivity index (χ0) is 33.1. The molecule has 0 saturated carbocycles. The van der Waals surface area contributed by atoms with Gasteiger partial charge >= 0.3 is 0 Å². The van der Waals surface area contributed by atoms with Crippen LogP contribution in [0.4, 0.5) is 22.7 Å². The first kappa shape index (κ1) is 35.7. The predicted octanol–water partition coefficient (Wildman–Crippen LogP) is 4.45. The van der Waals surface area contributed by atoms with Crippen molar-refractivity contribution in [1.29, 1.82) is 0 Å². The molecule has 0 aliphatic heterocycles. The molecule has 0 atom stereocenters. The van der Waals surface area contributed by atoms with Crippen LogP contribution in [-0.2, 0) is 0 Å². The van der Waals surface area contributed by atoms with Gasteiger partial charge in [0.25, 0.3) is 11.6 Å². The molecule has 0 spiro atoms. The summed E-state index contributed by atoms with van der Waals surface area (Å²) in [6.07, 6.45) is 1.92. The number of carbonyl (C=O) groups excluding carboxylic acids is 1. The molecule has 14 heteroatoms. The molecule has 0 fully saturated rings. The number of benzene rings is 3. The third kappa shape index (κ3) is 11.3. The van der Waals surface area contributed by atoms with Crippen LogP contribution in [0.1, 0.15) is 36.5 Å². The number of amides is 1. The number of azo groups is 1. The molecule has 14 nitrogen and oxygen atoms in total. The number of nitro benzene ring substituents is 1. The average Bonchev–Trinajstić information content (AvgIpc) is 3.07. The van der Waals surface area contributed by atoms with Crippen molar-refractivity contribution in [2.45, 2.75) is 26.2 Å². The van der Waals surface area contributed by atoms with E-state index in [2.05, 4.69) is 20.4 Å². The van der Waals surface area contributed by atoms with Crippen molar-refractivity contribution in [2.24, 2.45) is 27.4 Å². The zero-order valence-electron chi connectivity index (χ0n) is 26.2. The van der Waals surface area contributed by atoms with Crippen LogP contribution in [0.2, 0.25) is 0 Å². The zero-order valence-corrected chi connectivity index (χ0v) is 26.2.